The fourth-order valence-electron chi connectivity index (χ4n) is 4.32. The summed E-state index contributed by atoms with van der Waals surface area (Å²) >= 11 is 0. The summed E-state index contributed by atoms with van der Waals surface area (Å²) < 4.78 is 83.8. The Labute approximate surface area is 287 Å². The number of carbonyl (C=O) groups excluding carboxylic acids is 1. The van der Waals surface area contributed by atoms with Crippen LogP contribution in [-0.4, -0.2) is 196 Å². The van der Waals surface area contributed by atoms with Crippen molar-refractivity contribution in [2.24, 2.45) is 0 Å². The van der Waals surface area contributed by atoms with Crippen LogP contribution in [0.3, 0.4) is 0 Å². The Hall–Kier alpha value is -1.09. The Morgan fingerprint density at radius 2 is 0.875 bits per heavy atom. The highest BCUT2D eigenvalue weighted by atomic mass is 16.6. The molecule has 2 rings (SSSR count). The van der Waals surface area contributed by atoms with Crippen LogP contribution in [0, 0.1) is 0 Å². The largest absolute Gasteiger partial charge is 0.382 e. The molecule has 2 aliphatic heterocycles. The molecular weight excluding hydrogens is 638 g/mol. The van der Waals surface area contributed by atoms with E-state index in [2.05, 4.69) is 5.32 Å². The number of hydrogen-bond donors (Lipinski definition) is 1. The molecule has 16 heteroatoms. The number of nitrogens with one attached hydrogen (secondary N) is 1. The van der Waals surface area contributed by atoms with E-state index in [1.807, 2.05) is 0 Å². The van der Waals surface area contributed by atoms with Gasteiger partial charge in [-0.15, -0.1) is 0 Å². The maximum Gasteiger partial charge on any atom is 0.222 e. The predicted octanol–water partition coefficient (Wildman–Crippen LogP) is -0.122. The van der Waals surface area contributed by atoms with Gasteiger partial charge >= 0.3 is 0 Å². The summed E-state index contributed by atoms with van der Waals surface area (Å²) in [5.74, 6) is -0.118. The first-order valence-electron chi connectivity index (χ1n) is 17.6. The highest BCUT2D eigenvalue weighted by molar-refractivity contribution is 5.76. The molecule has 2 heterocycles. The first-order chi connectivity index (χ1) is 24.2. The summed E-state index contributed by atoms with van der Waals surface area (Å²) in [5, 5.41) is 2.91. The summed E-state index contributed by atoms with van der Waals surface area (Å²) in [6, 6.07) is -0.200. The Morgan fingerprint density at radius 1 is 0.542 bits per heavy atom. The molecule has 0 aliphatic carbocycles. The van der Waals surface area contributed by atoms with Crippen LogP contribution in [0.4, 0.5) is 0 Å². The Morgan fingerprint density at radius 3 is 1.23 bits per heavy atom. The predicted molar refractivity (Wildman–Crippen MR) is 172 cm³/mol. The van der Waals surface area contributed by atoms with E-state index >= 15 is 0 Å². The molecule has 0 radical (unpaired) electrons. The summed E-state index contributed by atoms with van der Waals surface area (Å²) in [5.41, 5.74) is 0. The zero-order valence-electron chi connectivity index (χ0n) is 29.8. The lowest BCUT2D eigenvalue weighted by Gasteiger charge is -2.17. The normalized spacial score (nSPS) is 20.7. The molecule has 0 unspecified atom stereocenters. The summed E-state index contributed by atoms with van der Waals surface area (Å²) in [7, 11) is 1.64. The molecule has 2 aliphatic rings. The van der Waals surface area contributed by atoms with Crippen molar-refractivity contribution >= 4 is 5.91 Å². The number of carbonyl (C=O) groups is 1. The van der Waals surface area contributed by atoms with Gasteiger partial charge in [0, 0.05) is 21.5 Å². The van der Waals surface area contributed by atoms with Gasteiger partial charge in [0.1, 0.15) is 6.10 Å². The van der Waals surface area contributed by atoms with Gasteiger partial charge < -0.3 is 71.6 Å². The zero-order chi connectivity index (χ0) is 34.9. The van der Waals surface area contributed by atoms with Gasteiger partial charge in [0.2, 0.25) is 5.91 Å². The number of amides is 1. The first-order valence-corrected chi connectivity index (χ1v) is 17.0. The molecule has 1 amide bonds. The Bertz CT molecular complexity index is 747. The number of hydrogen-bond acceptors (Lipinski definition) is 15. The lowest BCUT2D eigenvalue weighted by Crippen LogP contribution is -2.44. The molecule has 0 aromatic rings. The molecule has 48 heavy (non-hydrogen) atoms. The van der Waals surface area contributed by atoms with Crippen LogP contribution >= 0.6 is 0 Å². The Kier molecular flexibility index (Phi) is 28.5. The van der Waals surface area contributed by atoms with E-state index < -0.39 is 0 Å². The number of fused-ring (bicyclic) bond motifs is 1. The number of ether oxygens (including phenoxy) is 14. The van der Waals surface area contributed by atoms with E-state index in [4.69, 9.17) is 67.7 Å². The van der Waals surface area contributed by atoms with Gasteiger partial charge in [0.05, 0.1) is 171 Å². The number of methoxy groups -OCH3 is 1. The molecule has 2 fully saturated rings. The maximum absolute atomic E-state index is 12.1. The molecule has 4 atom stereocenters. The monoisotopic (exact) mass is 700 g/mol. The van der Waals surface area contributed by atoms with Crippen molar-refractivity contribution in [2.75, 3.05) is 172 Å². The third kappa shape index (κ3) is 25.0. The Balaban J connectivity index is 1.15. The minimum atomic E-state index is -0.383. The van der Waals surface area contributed by atoms with Gasteiger partial charge in [-0.1, -0.05) is 0 Å². The van der Waals surface area contributed by atoms with Crippen molar-refractivity contribution in [1.29, 1.82) is 0 Å². The molecule has 0 aromatic carbocycles. The second-order valence-electron chi connectivity index (χ2n) is 10.5. The smallest absolute Gasteiger partial charge is 0.222 e. The summed E-state index contributed by atoms with van der Waals surface area (Å²) in [6.07, 6.45) is -0.613. The minimum Gasteiger partial charge on any atom is -0.382 e. The fraction of sp³-hybridized carbons (Fsp3) is 0.969. The molecule has 284 valence electrons. The van der Waals surface area contributed by atoms with E-state index in [1.54, 1.807) is 7.11 Å². The van der Waals surface area contributed by atoms with E-state index in [0.29, 0.717) is 165 Å². The van der Waals surface area contributed by atoms with E-state index in [0.717, 1.165) is 0 Å². The average molecular weight is 701 g/mol. The van der Waals surface area contributed by atoms with Crippen LogP contribution < -0.4 is 5.32 Å². The molecule has 0 saturated carbocycles. The summed E-state index contributed by atoms with van der Waals surface area (Å²) in [6.45, 7) is 12.0. The average Bonchev–Trinajstić information content (AvgIpc) is 3.68. The second-order valence-corrected chi connectivity index (χ2v) is 10.5. The number of rotatable bonds is 37. The fourth-order valence-corrected chi connectivity index (χ4v) is 4.32. The van der Waals surface area contributed by atoms with Gasteiger partial charge in [0.15, 0.2) is 0 Å². The highest BCUT2D eigenvalue weighted by Crippen LogP contribution is 2.26. The lowest BCUT2D eigenvalue weighted by molar-refractivity contribution is -0.123. The van der Waals surface area contributed by atoms with Gasteiger partial charge in [-0.05, 0) is 6.40 Å². The first kappa shape index (κ1) is 41.3. The van der Waals surface area contributed by atoms with Crippen LogP contribution in [0.2, 0.25) is 0 Å². The van der Waals surface area contributed by atoms with Crippen molar-refractivity contribution in [3.63, 3.8) is 0 Å². The topological polar surface area (TPSA) is 158 Å². The molecule has 16 nitrogen and oxygen atoms in total. The lowest BCUT2D eigenvalue weighted by atomic mass is 10.1. The van der Waals surface area contributed by atoms with Crippen LogP contribution in [-0.2, 0) is 71.1 Å². The van der Waals surface area contributed by atoms with E-state index in [9.17, 15) is 4.79 Å². The van der Waals surface area contributed by atoms with Gasteiger partial charge in [-0.25, -0.2) is 0 Å². The van der Waals surface area contributed by atoms with Gasteiger partial charge in [0.25, 0.3) is 0 Å². The van der Waals surface area contributed by atoms with Crippen LogP contribution in [0.5, 0.6) is 0 Å². The van der Waals surface area contributed by atoms with Crippen molar-refractivity contribution in [2.45, 2.75) is 31.1 Å². The quantitative estimate of drug-likeness (QED) is 0.0855. The third-order valence-corrected chi connectivity index (χ3v) is 6.78. The highest BCUT2D eigenvalue weighted by Gasteiger charge is 2.42. The van der Waals surface area contributed by atoms with Crippen LogP contribution in [0.25, 0.3) is 0 Å². The SMILES string of the molecule is [2H][C@H]1CO[C@H]2[C@@H]1OC[C@@H]2NC(=O)CCOCCOCCOCCOCCOCCOCCOCCOCCOCCOCCOCCOC. The maximum atomic E-state index is 12.1. The van der Waals surface area contributed by atoms with Crippen LogP contribution in [0.1, 0.15) is 14.2 Å². The molecule has 0 aromatic heterocycles. The molecule has 0 spiro atoms. The zero-order valence-corrected chi connectivity index (χ0v) is 28.8. The van der Waals surface area contributed by atoms with Crippen molar-refractivity contribution in [3.8, 4) is 0 Å². The van der Waals surface area contributed by atoms with Crippen molar-refractivity contribution in [1.82, 2.24) is 5.32 Å². The molecule has 2 saturated heterocycles. The van der Waals surface area contributed by atoms with Crippen molar-refractivity contribution in [3.05, 3.63) is 0 Å². The summed E-state index contributed by atoms with van der Waals surface area (Å²) in [4.78, 5) is 12.1. The minimum absolute atomic E-state index is 0.118. The molecule has 1 N–H and O–H groups in total. The van der Waals surface area contributed by atoms with Gasteiger partial charge in [-0.2, -0.15) is 0 Å². The van der Waals surface area contributed by atoms with E-state index in [-0.39, 0.29) is 37.0 Å². The molecular formula is C32H61NO15. The molecule has 0 bridgehead atoms. The van der Waals surface area contributed by atoms with Crippen LogP contribution in [0.15, 0.2) is 0 Å². The third-order valence-electron chi connectivity index (χ3n) is 6.78. The standard InChI is InChI=1S/C32H61NO15/c1-35-6-7-37-10-11-39-14-15-41-18-19-43-22-23-45-26-27-46-25-24-44-21-20-42-17-16-40-13-12-38-9-8-36-4-3-31(34)33-29-28-48-30-2-5-47-32(29)30/h29-30,32H,2-28H2,1H3,(H,33,34)/t29-,30+,32+/m0/s1/i2D/t2-,29-,30+,32+. The van der Waals surface area contributed by atoms with E-state index in [1.165, 1.54) is 0 Å². The van der Waals surface area contributed by atoms with Gasteiger partial charge in [-0.3, -0.25) is 4.79 Å². The van der Waals surface area contributed by atoms with Crippen molar-refractivity contribution < 1.29 is 72.5 Å². The second kappa shape index (κ2) is 33.1.